The summed E-state index contributed by atoms with van der Waals surface area (Å²) in [4.78, 5) is 0. The standard InChI is InChI=1S/C24H16F36IP/c25-9(26,13(33,34)17(41,42)21(49,50)51)1-5-62(61,6-2-10(27,28)14(35,36)18(43,44)22(52,53)54,7-3-11(29,30)15(37,38)19(45,46)23(55,56)57)8-4-12(31,32)16(39,40)20(47,48)24(58,59)60/h1-8H2. The maximum atomic E-state index is 14.6. The topological polar surface area (TPSA) is 0 Å². The van der Waals surface area contributed by atoms with Crippen molar-refractivity contribution >= 4 is 26.3 Å². The van der Waals surface area contributed by atoms with Crippen molar-refractivity contribution in [3.63, 3.8) is 0 Å². The second-order valence-electron chi connectivity index (χ2n) is 13.1. The van der Waals surface area contributed by atoms with Gasteiger partial charge in [-0.2, -0.15) is 0 Å². The fourth-order valence-electron chi connectivity index (χ4n) is 4.61. The molecule has 0 amide bonds. The van der Waals surface area contributed by atoms with Crippen molar-refractivity contribution in [1.29, 1.82) is 0 Å². The number of hydrogen-bond acceptors (Lipinski definition) is 0. The molecule has 0 aliphatic rings. The van der Waals surface area contributed by atoms with E-state index in [0.29, 0.717) is 0 Å². The Balaban J connectivity index is 8.45. The first-order valence-corrected chi connectivity index (χ1v) is 20.4. The Morgan fingerprint density at radius 1 is 0.210 bits per heavy atom. The van der Waals surface area contributed by atoms with Crippen molar-refractivity contribution in [2.75, 3.05) is 24.6 Å². The monoisotopic (exact) mass is 1150 g/mol. The Labute approximate surface area is 330 Å². The zero-order valence-corrected chi connectivity index (χ0v) is 31.1. The van der Waals surface area contributed by atoms with E-state index in [0.717, 1.165) is 0 Å². The second kappa shape index (κ2) is 16.2. The zero-order valence-electron chi connectivity index (χ0n) is 28.1. The summed E-state index contributed by atoms with van der Waals surface area (Å²) < 4.78 is 480. The average Bonchev–Trinajstić information content (AvgIpc) is 3.02. The third-order valence-electron chi connectivity index (χ3n) is 8.78. The van der Waals surface area contributed by atoms with Crippen LogP contribution in [0, 0.1) is 0 Å². The van der Waals surface area contributed by atoms with Gasteiger partial charge in [0.25, 0.3) is 0 Å². The van der Waals surface area contributed by atoms with E-state index in [4.69, 9.17) is 0 Å². The third-order valence-corrected chi connectivity index (χ3v) is 19.9. The molecule has 62 heavy (non-hydrogen) atoms. The molecule has 0 fully saturated rings. The number of hydrogen-bond donors (Lipinski definition) is 0. The van der Waals surface area contributed by atoms with Crippen LogP contribution in [-0.2, 0) is 0 Å². The van der Waals surface area contributed by atoms with Crippen molar-refractivity contribution in [1.82, 2.24) is 0 Å². The Bertz CT molecular complexity index is 1310. The molecule has 0 rings (SSSR count). The Morgan fingerprint density at radius 2 is 0.323 bits per heavy atom. The summed E-state index contributed by atoms with van der Waals surface area (Å²) in [5.41, 5.74) is 0. The van der Waals surface area contributed by atoms with Gasteiger partial charge >= 0.3 is 330 Å². The number of rotatable bonds is 20. The molecule has 0 radical (unpaired) electrons. The van der Waals surface area contributed by atoms with Crippen molar-refractivity contribution in [3.05, 3.63) is 0 Å². The summed E-state index contributed by atoms with van der Waals surface area (Å²) in [5, 5.41) is 0. The van der Waals surface area contributed by atoms with E-state index >= 15 is 0 Å². The molecule has 0 aromatic carbocycles. The Kier molecular flexibility index (Phi) is 15.8. The van der Waals surface area contributed by atoms with Crippen LogP contribution in [0.2, 0.25) is 0 Å². The molecular formula is C24H16F36IP. The molecule has 0 aromatic rings. The van der Waals surface area contributed by atoms with E-state index in [1.807, 2.05) is 0 Å². The molecule has 0 saturated heterocycles. The minimum absolute atomic E-state index is 0.592. The van der Waals surface area contributed by atoms with E-state index in [-0.39, 0.29) is 0 Å². The van der Waals surface area contributed by atoms with Gasteiger partial charge in [-0.05, 0) is 0 Å². The molecule has 0 bridgehead atoms. The summed E-state index contributed by atoms with van der Waals surface area (Å²) in [6, 6.07) is 0. The summed E-state index contributed by atoms with van der Waals surface area (Å²) in [7, 11) is 0. The van der Waals surface area contributed by atoms with Gasteiger partial charge in [0.2, 0.25) is 0 Å². The van der Waals surface area contributed by atoms with Crippen LogP contribution < -0.4 is 0 Å². The molecular weight excluding hydrogens is 1130 g/mol. The quantitative estimate of drug-likeness (QED) is 0.0647. The number of alkyl halides is 36. The molecule has 376 valence electrons. The normalized spacial score (nSPS) is 17.3. The molecule has 0 unspecified atom stereocenters. The molecule has 0 atom stereocenters. The first-order chi connectivity index (χ1) is 26.1. The summed E-state index contributed by atoms with van der Waals surface area (Å²) in [6.45, 7) is 0. The minimum atomic E-state index is -8.15. The van der Waals surface area contributed by atoms with E-state index in [1.165, 1.54) is 0 Å². The molecule has 0 nitrogen and oxygen atoms in total. The van der Waals surface area contributed by atoms with Crippen molar-refractivity contribution in [2.45, 2.75) is 121 Å². The molecule has 0 aliphatic carbocycles. The van der Waals surface area contributed by atoms with E-state index in [9.17, 15) is 158 Å². The van der Waals surface area contributed by atoms with Gasteiger partial charge in [0.15, 0.2) is 0 Å². The van der Waals surface area contributed by atoms with Crippen LogP contribution in [0.15, 0.2) is 0 Å². The van der Waals surface area contributed by atoms with Crippen LogP contribution in [0.3, 0.4) is 0 Å². The predicted molar refractivity (Wildman–Crippen MR) is 142 cm³/mol. The molecule has 0 spiro atoms. The summed E-state index contributed by atoms with van der Waals surface area (Å²) in [6.07, 6.45) is -61.9. The van der Waals surface area contributed by atoms with Crippen LogP contribution in [0.25, 0.3) is 0 Å². The molecule has 0 saturated carbocycles. The molecule has 0 aromatic heterocycles. The van der Waals surface area contributed by atoms with Gasteiger partial charge in [-0.15, -0.1) is 0 Å². The van der Waals surface area contributed by atoms with Gasteiger partial charge in [0, 0.05) is 0 Å². The van der Waals surface area contributed by atoms with Crippen molar-refractivity contribution in [2.24, 2.45) is 0 Å². The first kappa shape index (κ1) is 60.6. The van der Waals surface area contributed by atoms with Gasteiger partial charge in [-0.25, -0.2) is 0 Å². The van der Waals surface area contributed by atoms with Crippen molar-refractivity contribution < 1.29 is 158 Å². The second-order valence-corrected chi connectivity index (χ2v) is 26.7. The molecule has 0 heterocycles. The van der Waals surface area contributed by atoms with Crippen molar-refractivity contribution in [3.8, 4) is 0 Å². The van der Waals surface area contributed by atoms with Crippen LogP contribution in [0.5, 0.6) is 0 Å². The maximum absolute atomic E-state index is 14.6. The summed E-state index contributed by atoms with van der Waals surface area (Å²) >= 11 is -0.592. The van der Waals surface area contributed by atoms with E-state index in [1.54, 1.807) is 0 Å². The van der Waals surface area contributed by atoms with Crippen LogP contribution in [0.4, 0.5) is 158 Å². The Hall–Kier alpha value is -1.36. The van der Waals surface area contributed by atoms with Crippen LogP contribution in [-0.4, -0.2) is 120 Å². The van der Waals surface area contributed by atoms with Gasteiger partial charge in [0.05, 0.1) is 0 Å². The van der Waals surface area contributed by atoms with E-state index in [2.05, 4.69) is 0 Å². The van der Waals surface area contributed by atoms with Gasteiger partial charge in [-0.3, -0.25) is 0 Å². The zero-order chi connectivity index (χ0) is 51.1. The molecule has 0 N–H and O–H groups in total. The SMILES string of the molecule is FC(F)(F)C(F)(F)C(F)(F)C(F)(F)CCP(I)(CCC(F)(F)C(F)(F)C(F)(F)C(F)(F)F)(CCC(F)(F)C(F)(F)C(F)(F)C(F)(F)F)CCC(F)(F)C(F)(F)C(F)(F)C(F)(F)F. The first-order valence-electron chi connectivity index (χ1n) is 14.7. The number of halogens is 37. The fourth-order valence-corrected chi connectivity index (χ4v) is 12.2. The van der Waals surface area contributed by atoms with Gasteiger partial charge in [0.1, 0.15) is 0 Å². The summed E-state index contributed by atoms with van der Waals surface area (Å²) in [5.74, 6) is -95.0. The Morgan fingerprint density at radius 3 is 0.419 bits per heavy atom. The van der Waals surface area contributed by atoms with Crippen LogP contribution in [0.1, 0.15) is 25.7 Å². The van der Waals surface area contributed by atoms with Gasteiger partial charge in [-0.1, -0.05) is 0 Å². The predicted octanol–water partition coefficient (Wildman–Crippen LogP) is 15.3. The van der Waals surface area contributed by atoms with Crippen LogP contribution >= 0.6 is 26.3 Å². The average molecular weight is 1150 g/mol. The van der Waals surface area contributed by atoms with Gasteiger partial charge < -0.3 is 0 Å². The third kappa shape index (κ3) is 10.1. The fraction of sp³-hybridized carbons (Fsp3) is 1.00. The molecule has 0 aliphatic heterocycles. The van der Waals surface area contributed by atoms with E-state index < -0.39 is 172 Å². The molecule has 38 heteroatoms.